The minimum absolute atomic E-state index is 0.180. The summed E-state index contributed by atoms with van der Waals surface area (Å²) < 4.78 is 12.9. The lowest BCUT2D eigenvalue weighted by atomic mass is 9.92. The van der Waals surface area contributed by atoms with E-state index in [2.05, 4.69) is 13.8 Å². The molecule has 0 spiro atoms. The molecule has 30 heavy (non-hydrogen) atoms. The summed E-state index contributed by atoms with van der Waals surface area (Å²) in [6.45, 7) is 3.67. The number of benzene rings is 1. The van der Waals surface area contributed by atoms with Crippen LogP contribution in [0, 0.1) is 5.92 Å². The first kappa shape index (κ1) is 22.1. The zero-order chi connectivity index (χ0) is 21.7. The van der Waals surface area contributed by atoms with Gasteiger partial charge in [-0.1, -0.05) is 51.0 Å². The number of allylic oxidation sites excluding steroid dienone is 1. The lowest BCUT2D eigenvalue weighted by molar-refractivity contribution is -0.154. The van der Waals surface area contributed by atoms with E-state index < -0.39 is 24.1 Å². The smallest absolute Gasteiger partial charge is 0.340 e. The molecule has 1 aromatic heterocycles. The van der Waals surface area contributed by atoms with Gasteiger partial charge in [-0.25, -0.2) is 9.59 Å². The summed E-state index contributed by atoms with van der Waals surface area (Å²) in [4.78, 5) is 25.2. The van der Waals surface area contributed by atoms with Crippen LogP contribution in [0.4, 0.5) is 0 Å². The Morgan fingerprint density at radius 3 is 2.67 bits per heavy atom. The van der Waals surface area contributed by atoms with E-state index >= 15 is 0 Å². The number of ether oxygens (including phenoxy) is 2. The number of cyclic esters (lactones) is 1. The number of carbonyl (C=O) groups excluding carboxylic acids is 2. The average molecular weight is 414 g/mol. The summed E-state index contributed by atoms with van der Waals surface area (Å²) >= 11 is 0. The zero-order valence-corrected chi connectivity index (χ0v) is 18.0. The number of carbonyl (C=O) groups is 2. The molecule has 0 amide bonds. The molecule has 1 atom stereocenters. The van der Waals surface area contributed by atoms with Crippen molar-refractivity contribution in [3.8, 4) is 0 Å². The minimum atomic E-state index is -1.22. The fourth-order valence-electron chi connectivity index (χ4n) is 4.18. The summed E-state index contributed by atoms with van der Waals surface area (Å²) in [7, 11) is 1.87. The van der Waals surface area contributed by atoms with Crippen LogP contribution in [0.5, 0.6) is 0 Å². The topological polar surface area (TPSA) is 77.8 Å². The number of aliphatic hydroxyl groups excluding tert-OH is 1. The van der Waals surface area contributed by atoms with Crippen molar-refractivity contribution in [2.75, 3.05) is 13.2 Å². The molecule has 0 aliphatic carbocycles. The van der Waals surface area contributed by atoms with Crippen molar-refractivity contribution in [2.24, 2.45) is 13.0 Å². The first-order chi connectivity index (χ1) is 14.4. The van der Waals surface area contributed by atoms with Gasteiger partial charge in [0, 0.05) is 36.1 Å². The van der Waals surface area contributed by atoms with E-state index in [0.717, 1.165) is 36.6 Å². The van der Waals surface area contributed by atoms with Gasteiger partial charge in [-0.3, -0.25) is 0 Å². The average Bonchev–Trinajstić information content (AvgIpc) is 3.24. The molecule has 0 radical (unpaired) electrons. The Labute approximate surface area is 177 Å². The summed E-state index contributed by atoms with van der Waals surface area (Å²) in [5.41, 5.74) is 0.729. The molecule has 0 saturated carbocycles. The van der Waals surface area contributed by atoms with Crippen molar-refractivity contribution >= 4 is 22.8 Å². The second-order valence-electron chi connectivity index (χ2n) is 8.18. The molecule has 1 aromatic carbocycles. The first-order valence-electron chi connectivity index (χ1n) is 10.7. The molecule has 6 nitrogen and oxygen atoms in total. The lowest BCUT2D eigenvalue weighted by Gasteiger charge is -2.24. The van der Waals surface area contributed by atoms with Crippen LogP contribution in [0.3, 0.4) is 0 Å². The lowest BCUT2D eigenvalue weighted by Crippen LogP contribution is -2.39. The third kappa shape index (κ3) is 4.59. The third-order valence-electron chi connectivity index (χ3n) is 5.71. The second-order valence-corrected chi connectivity index (χ2v) is 8.18. The van der Waals surface area contributed by atoms with Crippen molar-refractivity contribution in [1.82, 2.24) is 4.57 Å². The maximum atomic E-state index is 12.7. The van der Waals surface area contributed by atoms with E-state index in [1.807, 2.05) is 42.0 Å². The first-order valence-corrected chi connectivity index (χ1v) is 10.7. The molecule has 162 valence electrons. The molecular formula is C24H31NO5. The standard InChI is InChI=1S/C24H31NO5/c1-4-8-17(9-5-2)12-18-13-24(15-26,30-22(18)27)16-29-23(28)20-14-25(3)21-11-7-6-10-19(20)21/h6-7,10-12,14,17,26H,4-5,8-9,13,15-16H2,1-3H3/b18-12+. The number of fused-ring (bicyclic) bond motifs is 1. The van der Waals surface area contributed by atoms with Gasteiger partial charge in [-0.05, 0) is 24.8 Å². The molecule has 1 aliphatic rings. The van der Waals surface area contributed by atoms with Crippen molar-refractivity contribution in [1.29, 1.82) is 0 Å². The fraction of sp³-hybridized carbons (Fsp3) is 0.500. The van der Waals surface area contributed by atoms with Gasteiger partial charge in [0.25, 0.3) is 0 Å². The Kier molecular flexibility index (Phi) is 6.98. The molecule has 1 aliphatic heterocycles. The van der Waals surface area contributed by atoms with Gasteiger partial charge in [0.15, 0.2) is 5.60 Å². The van der Waals surface area contributed by atoms with Gasteiger partial charge < -0.3 is 19.1 Å². The Morgan fingerprint density at radius 2 is 2.00 bits per heavy atom. The zero-order valence-electron chi connectivity index (χ0n) is 18.0. The van der Waals surface area contributed by atoms with Crippen LogP contribution in [0.2, 0.25) is 0 Å². The Morgan fingerprint density at radius 1 is 1.30 bits per heavy atom. The van der Waals surface area contributed by atoms with Gasteiger partial charge in [0.2, 0.25) is 0 Å². The minimum Gasteiger partial charge on any atom is -0.458 e. The quantitative estimate of drug-likeness (QED) is 0.493. The highest BCUT2D eigenvalue weighted by Gasteiger charge is 2.45. The Hall–Kier alpha value is -2.60. The monoisotopic (exact) mass is 413 g/mol. The van der Waals surface area contributed by atoms with Gasteiger partial charge in [-0.15, -0.1) is 0 Å². The number of aryl methyl sites for hydroxylation is 1. The molecule has 1 saturated heterocycles. The maximum Gasteiger partial charge on any atom is 0.340 e. The molecule has 1 unspecified atom stereocenters. The SMILES string of the molecule is CCCC(/C=C1\CC(CO)(COC(=O)c2cn(C)c3ccccc23)OC1=O)CCC. The van der Waals surface area contributed by atoms with Crippen molar-refractivity contribution in [3.63, 3.8) is 0 Å². The highest BCUT2D eigenvalue weighted by molar-refractivity contribution is 6.04. The highest BCUT2D eigenvalue weighted by atomic mass is 16.6. The van der Waals surface area contributed by atoms with Gasteiger partial charge in [0.1, 0.15) is 6.61 Å². The molecule has 1 N–H and O–H groups in total. The van der Waals surface area contributed by atoms with Crippen molar-refractivity contribution in [2.45, 2.75) is 51.6 Å². The summed E-state index contributed by atoms with van der Waals surface area (Å²) in [5, 5.41) is 10.8. The number of hydrogen-bond acceptors (Lipinski definition) is 5. The number of nitrogens with zero attached hydrogens (tertiary/aromatic N) is 1. The van der Waals surface area contributed by atoms with E-state index in [0.29, 0.717) is 17.1 Å². The second kappa shape index (κ2) is 9.47. The highest BCUT2D eigenvalue weighted by Crippen LogP contribution is 2.33. The predicted octanol–water partition coefficient (Wildman–Crippen LogP) is 4.16. The van der Waals surface area contributed by atoms with E-state index in [9.17, 15) is 14.7 Å². The number of hydrogen-bond donors (Lipinski definition) is 1. The molecular weight excluding hydrogens is 382 g/mol. The van der Waals surface area contributed by atoms with Gasteiger partial charge in [0.05, 0.1) is 12.2 Å². The summed E-state index contributed by atoms with van der Waals surface area (Å²) in [6, 6.07) is 7.58. The fourth-order valence-corrected chi connectivity index (χ4v) is 4.18. The van der Waals surface area contributed by atoms with E-state index in [4.69, 9.17) is 9.47 Å². The largest absolute Gasteiger partial charge is 0.458 e. The normalized spacial score (nSPS) is 20.3. The molecule has 2 heterocycles. The molecule has 2 aromatic rings. The molecule has 1 fully saturated rings. The third-order valence-corrected chi connectivity index (χ3v) is 5.71. The van der Waals surface area contributed by atoms with Gasteiger partial charge >= 0.3 is 11.9 Å². The Balaban J connectivity index is 1.73. The van der Waals surface area contributed by atoms with Crippen LogP contribution in [0.15, 0.2) is 42.1 Å². The number of esters is 2. The van der Waals surface area contributed by atoms with Crippen LogP contribution < -0.4 is 0 Å². The number of aliphatic hydroxyl groups is 1. The number of aromatic nitrogens is 1. The number of para-hydroxylation sites is 1. The van der Waals surface area contributed by atoms with Crippen LogP contribution in [-0.4, -0.2) is 40.4 Å². The van der Waals surface area contributed by atoms with Gasteiger partial charge in [-0.2, -0.15) is 0 Å². The van der Waals surface area contributed by atoms with Crippen LogP contribution >= 0.6 is 0 Å². The van der Waals surface area contributed by atoms with E-state index in [-0.39, 0.29) is 13.0 Å². The number of rotatable bonds is 9. The Bertz CT molecular complexity index is 938. The van der Waals surface area contributed by atoms with Crippen molar-refractivity contribution < 1.29 is 24.2 Å². The van der Waals surface area contributed by atoms with E-state index in [1.165, 1.54) is 0 Å². The van der Waals surface area contributed by atoms with Crippen molar-refractivity contribution in [3.05, 3.63) is 47.7 Å². The predicted molar refractivity (Wildman–Crippen MR) is 115 cm³/mol. The van der Waals surface area contributed by atoms with Crippen LogP contribution in [-0.2, 0) is 21.3 Å². The molecule has 0 bridgehead atoms. The van der Waals surface area contributed by atoms with E-state index in [1.54, 1.807) is 6.20 Å². The molecule has 6 heteroatoms. The summed E-state index contributed by atoms with van der Waals surface area (Å²) in [6.07, 6.45) is 8.05. The molecule has 3 rings (SSSR count). The van der Waals surface area contributed by atoms with Crippen LogP contribution in [0.25, 0.3) is 10.9 Å². The summed E-state index contributed by atoms with van der Waals surface area (Å²) in [5.74, 6) is -0.610. The van der Waals surface area contributed by atoms with Crippen LogP contribution in [0.1, 0.15) is 56.3 Å². The maximum absolute atomic E-state index is 12.7.